The molecule has 0 saturated carbocycles. The van der Waals surface area contributed by atoms with Crippen molar-refractivity contribution >= 4 is 64.1 Å². The molecule has 3 rings (SSSR count). The summed E-state index contributed by atoms with van der Waals surface area (Å²) >= 11 is 23.9. The van der Waals surface area contributed by atoms with Crippen molar-refractivity contribution in [2.45, 2.75) is 6.61 Å². The van der Waals surface area contributed by atoms with Crippen LogP contribution in [0.4, 0.5) is 5.69 Å². The topological polar surface area (TPSA) is 62.1 Å². The van der Waals surface area contributed by atoms with Gasteiger partial charge in [-0.1, -0.05) is 64.6 Å². The fourth-order valence-electron chi connectivity index (χ4n) is 2.55. The van der Waals surface area contributed by atoms with Crippen molar-refractivity contribution in [3.8, 4) is 11.8 Å². The smallest absolute Gasteiger partial charge is 0.266 e. The maximum Gasteiger partial charge on any atom is 0.266 e. The van der Waals surface area contributed by atoms with Crippen molar-refractivity contribution in [1.29, 1.82) is 5.26 Å². The molecule has 0 radical (unpaired) electrons. The van der Waals surface area contributed by atoms with Crippen molar-refractivity contribution < 1.29 is 9.53 Å². The normalized spacial score (nSPS) is 11.0. The molecule has 0 heterocycles. The highest BCUT2D eigenvalue weighted by Crippen LogP contribution is 2.26. The van der Waals surface area contributed by atoms with E-state index in [1.54, 1.807) is 48.5 Å². The van der Waals surface area contributed by atoms with Crippen LogP contribution in [0.5, 0.6) is 5.75 Å². The first-order valence-corrected chi connectivity index (χ1v) is 10.4. The number of halogens is 4. The van der Waals surface area contributed by atoms with Crippen LogP contribution in [0.15, 0.2) is 66.2 Å². The zero-order valence-electron chi connectivity index (χ0n) is 15.8. The van der Waals surface area contributed by atoms with Gasteiger partial charge in [-0.3, -0.25) is 4.79 Å². The summed E-state index contributed by atoms with van der Waals surface area (Å²) in [6.07, 6.45) is 1.47. The third kappa shape index (κ3) is 6.40. The Morgan fingerprint density at radius 3 is 2.32 bits per heavy atom. The van der Waals surface area contributed by atoms with Gasteiger partial charge in [-0.15, -0.1) is 0 Å². The van der Waals surface area contributed by atoms with E-state index in [2.05, 4.69) is 5.32 Å². The highest BCUT2D eigenvalue weighted by atomic mass is 35.5. The molecule has 0 saturated heterocycles. The zero-order chi connectivity index (χ0) is 22.4. The van der Waals surface area contributed by atoms with E-state index in [0.717, 1.165) is 5.56 Å². The number of nitrogens with zero attached hydrogens (tertiary/aromatic N) is 1. The van der Waals surface area contributed by atoms with E-state index in [4.69, 9.17) is 51.1 Å². The number of carbonyl (C=O) groups is 1. The Morgan fingerprint density at radius 1 is 0.935 bits per heavy atom. The molecular formula is C23H14Cl4N2O2. The molecule has 4 nitrogen and oxygen atoms in total. The quantitative estimate of drug-likeness (QED) is 0.288. The van der Waals surface area contributed by atoms with E-state index in [1.807, 2.05) is 12.1 Å². The average molecular weight is 492 g/mol. The fourth-order valence-corrected chi connectivity index (χ4v) is 3.21. The van der Waals surface area contributed by atoms with Gasteiger partial charge in [0.05, 0.1) is 20.8 Å². The van der Waals surface area contributed by atoms with Gasteiger partial charge in [0.1, 0.15) is 24.0 Å². The number of nitriles is 1. The van der Waals surface area contributed by atoms with Crippen molar-refractivity contribution in [3.63, 3.8) is 0 Å². The number of rotatable bonds is 6. The molecule has 0 aromatic heterocycles. The summed E-state index contributed by atoms with van der Waals surface area (Å²) in [5.41, 5.74) is 1.78. The predicted molar refractivity (Wildman–Crippen MR) is 126 cm³/mol. The van der Waals surface area contributed by atoms with Crippen LogP contribution in [0.2, 0.25) is 20.1 Å². The number of amides is 1. The molecule has 0 fully saturated rings. The average Bonchev–Trinajstić information content (AvgIpc) is 2.76. The molecule has 0 spiro atoms. The summed E-state index contributed by atoms with van der Waals surface area (Å²) in [6.45, 7) is 0.318. The van der Waals surface area contributed by atoms with Crippen LogP contribution in [0.25, 0.3) is 6.08 Å². The molecule has 0 unspecified atom stereocenters. The summed E-state index contributed by atoms with van der Waals surface area (Å²) in [4.78, 5) is 12.4. The minimum Gasteiger partial charge on any atom is -0.489 e. The molecule has 31 heavy (non-hydrogen) atoms. The van der Waals surface area contributed by atoms with Crippen LogP contribution in [0, 0.1) is 11.3 Å². The number of ether oxygens (including phenoxy) is 1. The van der Waals surface area contributed by atoms with Crippen LogP contribution >= 0.6 is 46.4 Å². The third-order valence-corrected chi connectivity index (χ3v) is 5.43. The van der Waals surface area contributed by atoms with Crippen LogP contribution < -0.4 is 10.1 Å². The summed E-state index contributed by atoms with van der Waals surface area (Å²) in [5.74, 6) is 0.0310. The summed E-state index contributed by atoms with van der Waals surface area (Å²) in [5, 5.41) is 13.7. The van der Waals surface area contributed by atoms with Crippen LogP contribution in [-0.4, -0.2) is 5.91 Å². The van der Waals surface area contributed by atoms with Gasteiger partial charge in [0, 0.05) is 5.02 Å². The second kappa shape index (κ2) is 10.6. The SMILES string of the molecule is N#C/C(=C\c1ccc(OCc2ccc(Cl)c(Cl)c2)cc1)C(=O)Nc1cc(Cl)ccc1Cl. The van der Waals surface area contributed by atoms with Gasteiger partial charge in [0.25, 0.3) is 5.91 Å². The Bertz CT molecular complexity index is 1190. The molecule has 1 N–H and O–H groups in total. The van der Waals surface area contributed by atoms with Gasteiger partial charge in [0.2, 0.25) is 0 Å². The lowest BCUT2D eigenvalue weighted by atomic mass is 10.1. The lowest BCUT2D eigenvalue weighted by molar-refractivity contribution is -0.112. The lowest BCUT2D eigenvalue weighted by Crippen LogP contribution is -2.13. The number of nitrogens with one attached hydrogen (secondary N) is 1. The Labute approximate surface area is 199 Å². The van der Waals surface area contributed by atoms with Crippen LogP contribution in [-0.2, 0) is 11.4 Å². The molecule has 0 atom stereocenters. The van der Waals surface area contributed by atoms with Crippen molar-refractivity contribution in [1.82, 2.24) is 0 Å². The molecule has 8 heteroatoms. The van der Waals surface area contributed by atoms with Crippen LogP contribution in [0.3, 0.4) is 0 Å². The zero-order valence-corrected chi connectivity index (χ0v) is 18.9. The molecule has 3 aromatic carbocycles. The molecule has 156 valence electrons. The van der Waals surface area contributed by atoms with E-state index in [9.17, 15) is 10.1 Å². The maximum absolute atomic E-state index is 12.4. The van der Waals surface area contributed by atoms with Crippen molar-refractivity contribution in [2.75, 3.05) is 5.32 Å². The number of carbonyl (C=O) groups excluding carboxylic acids is 1. The van der Waals surface area contributed by atoms with Gasteiger partial charge < -0.3 is 10.1 Å². The molecular weight excluding hydrogens is 478 g/mol. The Morgan fingerprint density at radius 2 is 1.65 bits per heavy atom. The van der Waals surface area contributed by atoms with Gasteiger partial charge in [-0.25, -0.2) is 0 Å². The molecule has 0 bridgehead atoms. The van der Waals surface area contributed by atoms with Crippen molar-refractivity contribution in [3.05, 3.63) is 97.5 Å². The second-order valence-corrected chi connectivity index (χ2v) is 8.01. The molecule has 0 aliphatic rings. The molecule has 0 aliphatic carbocycles. The monoisotopic (exact) mass is 490 g/mol. The maximum atomic E-state index is 12.4. The largest absolute Gasteiger partial charge is 0.489 e. The first-order valence-electron chi connectivity index (χ1n) is 8.90. The highest BCUT2D eigenvalue weighted by Gasteiger charge is 2.12. The third-order valence-electron chi connectivity index (χ3n) is 4.12. The van der Waals surface area contributed by atoms with E-state index in [0.29, 0.717) is 43.7 Å². The van der Waals surface area contributed by atoms with E-state index in [1.165, 1.54) is 12.1 Å². The number of hydrogen-bond acceptors (Lipinski definition) is 3. The lowest BCUT2D eigenvalue weighted by Gasteiger charge is -2.08. The number of benzene rings is 3. The Hall–Kier alpha value is -2.68. The van der Waals surface area contributed by atoms with E-state index < -0.39 is 5.91 Å². The first kappa shape index (κ1) is 23.0. The van der Waals surface area contributed by atoms with Gasteiger partial charge >= 0.3 is 0 Å². The first-order chi connectivity index (χ1) is 14.9. The standard InChI is InChI=1S/C23H14Cl4N2O2/c24-17-4-8-20(26)22(11-17)29-23(30)16(12-28)9-14-1-5-18(6-2-14)31-13-15-3-7-19(25)21(27)10-15/h1-11H,13H2,(H,29,30)/b16-9+. The molecule has 1 amide bonds. The fraction of sp³-hybridized carbons (Fsp3) is 0.0435. The summed E-state index contributed by atoms with van der Waals surface area (Å²) in [7, 11) is 0. The van der Waals surface area contributed by atoms with Crippen molar-refractivity contribution in [2.24, 2.45) is 0 Å². The molecule has 3 aromatic rings. The van der Waals surface area contributed by atoms with E-state index >= 15 is 0 Å². The Balaban J connectivity index is 1.67. The van der Waals surface area contributed by atoms with E-state index in [-0.39, 0.29) is 5.57 Å². The minimum absolute atomic E-state index is 0.0829. The Kier molecular flexibility index (Phi) is 7.84. The number of anilines is 1. The van der Waals surface area contributed by atoms with Gasteiger partial charge in [-0.2, -0.15) is 5.26 Å². The molecule has 0 aliphatic heterocycles. The predicted octanol–water partition coefficient (Wildman–Crippen LogP) is 7.42. The minimum atomic E-state index is -0.591. The summed E-state index contributed by atoms with van der Waals surface area (Å²) in [6, 6.07) is 18.8. The second-order valence-electron chi connectivity index (χ2n) is 6.35. The summed E-state index contributed by atoms with van der Waals surface area (Å²) < 4.78 is 5.73. The highest BCUT2D eigenvalue weighted by molar-refractivity contribution is 6.42. The number of hydrogen-bond donors (Lipinski definition) is 1. The van der Waals surface area contributed by atoms with Gasteiger partial charge in [0.15, 0.2) is 0 Å². The van der Waals surface area contributed by atoms with Gasteiger partial charge in [-0.05, 0) is 59.7 Å². The van der Waals surface area contributed by atoms with Crippen LogP contribution in [0.1, 0.15) is 11.1 Å².